The van der Waals surface area contributed by atoms with Crippen LogP contribution in [0.4, 0.5) is 16.2 Å². The van der Waals surface area contributed by atoms with Gasteiger partial charge in [0.1, 0.15) is 17.1 Å². The van der Waals surface area contributed by atoms with E-state index in [2.05, 4.69) is 5.32 Å². The zero-order chi connectivity index (χ0) is 23.6. The molecule has 0 radical (unpaired) electrons. The number of rotatable bonds is 6. The number of carbonyl (C=O) groups excluding carboxylic acids is 1. The van der Waals surface area contributed by atoms with Crippen molar-refractivity contribution in [2.24, 2.45) is 0 Å². The summed E-state index contributed by atoms with van der Waals surface area (Å²) >= 11 is 0. The Kier molecular flexibility index (Phi) is 6.38. The number of carboxylic acid groups (broad SMARTS) is 1. The maximum absolute atomic E-state index is 12.2. The van der Waals surface area contributed by atoms with Gasteiger partial charge in [-0.1, -0.05) is 0 Å². The molecule has 1 amide bonds. The van der Waals surface area contributed by atoms with Crippen molar-refractivity contribution in [1.29, 1.82) is 0 Å². The molecular weight excluding hydrogens is 416 g/mol. The minimum Gasteiger partial charge on any atom is -0.496 e. The molecule has 2 aromatic rings. The number of hydrogen-bond donors (Lipinski definition) is 2. The zero-order valence-corrected chi connectivity index (χ0v) is 19.1. The van der Waals surface area contributed by atoms with Gasteiger partial charge in [-0.05, 0) is 45.0 Å². The number of nitrogens with one attached hydrogen (secondary N) is 1. The predicted molar refractivity (Wildman–Crippen MR) is 119 cm³/mol. The number of anilines is 2. The molecule has 0 saturated heterocycles. The van der Waals surface area contributed by atoms with Crippen molar-refractivity contribution in [2.45, 2.75) is 39.3 Å². The van der Waals surface area contributed by atoms with Gasteiger partial charge < -0.3 is 34.3 Å². The van der Waals surface area contributed by atoms with Gasteiger partial charge in [0.25, 0.3) is 0 Å². The number of aliphatic carboxylic acids is 1. The molecule has 9 nitrogen and oxygen atoms in total. The van der Waals surface area contributed by atoms with Crippen molar-refractivity contribution in [2.75, 3.05) is 26.2 Å². The van der Waals surface area contributed by atoms with E-state index in [1.165, 1.54) is 14.2 Å². The lowest BCUT2D eigenvalue weighted by molar-refractivity contribution is -0.136. The highest BCUT2D eigenvalue weighted by Crippen LogP contribution is 2.52. The van der Waals surface area contributed by atoms with E-state index in [9.17, 15) is 14.7 Å². The SMILES string of the molecule is COc1ccc2c(c1CNC(=O)OC(C)(C)C)Oc1c(ccc(OC)c1CC(=O)O)N2C. The van der Waals surface area contributed by atoms with Crippen LogP contribution >= 0.6 is 0 Å². The maximum atomic E-state index is 12.2. The van der Waals surface area contributed by atoms with Gasteiger partial charge in [0.05, 0.1) is 49.7 Å². The summed E-state index contributed by atoms with van der Waals surface area (Å²) in [4.78, 5) is 25.6. The first-order valence-electron chi connectivity index (χ1n) is 10.1. The third-order valence-corrected chi connectivity index (χ3v) is 4.90. The Balaban J connectivity index is 2.05. The molecule has 9 heteroatoms. The monoisotopic (exact) mass is 444 g/mol. The minimum atomic E-state index is -1.01. The van der Waals surface area contributed by atoms with E-state index in [0.717, 1.165) is 5.69 Å². The third kappa shape index (κ3) is 4.66. The van der Waals surface area contributed by atoms with Crippen LogP contribution in [-0.2, 0) is 22.5 Å². The van der Waals surface area contributed by atoms with E-state index in [4.69, 9.17) is 18.9 Å². The Hall–Kier alpha value is -3.62. The smallest absolute Gasteiger partial charge is 0.407 e. The summed E-state index contributed by atoms with van der Waals surface area (Å²) in [7, 11) is 4.86. The molecule has 32 heavy (non-hydrogen) atoms. The molecule has 1 aliphatic rings. The fraction of sp³-hybridized carbons (Fsp3) is 0.391. The van der Waals surface area contributed by atoms with E-state index < -0.39 is 17.7 Å². The average Bonchev–Trinajstić information content (AvgIpc) is 2.71. The molecule has 0 fully saturated rings. The standard InChI is InChI=1S/C23H28N2O7/c1-23(2,3)32-22(28)24-12-14-18(30-6)10-8-16-21(14)31-20-13(11-19(26)27)17(29-5)9-7-15(20)25(16)4/h7-10H,11-12H2,1-6H3,(H,24,28)(H,26,27). The van der Waals surface area contributed by atoms with Gasteiger partial charge in [-0.25, -0.2) is 4.79 Å². The molecular formula is C23H28N2O7. The number of carboxylic acids is 1. The number of ether oxygens (including phenoxy) is 4. The van der Waals surface area contributed by atoms with E-state index >= 15 is 0 Å². The summed E-state index contributed by atoms with van der Waals surface area (Å²) in [6, 6.07) is 7.16. The Morgan fingerprint density at radius 2 is 1.53 bits per heavy atom. The molecule has 2 aromatic carbocycles. The highest BCUT2D eigenvalue weighted by Gasteiger charge is 2.30. The van der Waals surface area contributed by atoms with Gasteiger partial charge in [0.2, 0.25) is 0 Å². The number of hydrogen-bond acceptors (Lipinski definition) is 7. The first kappa shape index (κ1) is 23.1. The van der Waals surface area contributed by atoms with Crippen molar-refractivity contribution < 1.29 is 33.6 Å². The second kappa shape index (κ2) is 8.86. The highest BCUT2D eigenvalue weighted by molar-refractivity contribution is 5.84. The molecule has 0 unspecified atom stereocenters. The van der Waals surface area contributed by atoms with E-state index in [0.29, 0.717) is 39.8 Å². The fourth-order valence-electron chi connectivity index (χ4n) is 3.53. The summed E-state index contributed by atoms with van der Waals surface area (Å²) in [5, 5.41) is 12.1. The number of amides is 1. The van der Waals surface area contributed by atoms with E-state index in [1.807, 2.05) is 24.1 Å². The van der Waals surface area contributed by atoms with Crippen LogP contribution in [0.2, 0.25) is 0 Å². The molecule has 0 spiro atoms. The minimum absolute atomic E-state index is 0.0860. The van der Waals surface area contributed by atoms with Crippen LogP contribution in [0.15, 0.2) is 24.3 Å². The normalized spacial score (nSPS) is 12.2. The van der Waals surface area contributed by atoms with Gasteiger partial charge in [-0.15, -0.1) is 0 Å². The lowest BCUT2D eigenvalue weighted by Gasteiger charge is -2.33. The fourth-order valence-corrected chi connectivity index (χ4v) is 3.53. The van der Waals surface area contributed by atoms with E-state index in [-0.39, 0.29) is 13.0 Å². The number of benzene rings is 2. The summed E-state index contributed by atoms with van der Waals surface area (Å²) in [5.41, 5.74) is 1.82. The Labute approximate surface area is 186 Å². The lowest BCUT2D eigenvalue weighted by Crippen LogP contribution is -2.32. The van der Waals surface area contributed by atoms with Crippen LogP contribution in [-0.4, -0.2) is 44.0 Å². The van der Waals surface area contributed by atoms with Crippen molar-refractivity contribution in [1.82, 2.24) is 5.32 Å². The van der Waals surface area contributed by atoms with Crippen molar-refractivity contribution in [3.63, 3.8) is 0 Å². The molecule has 0 saturated carbocycles. The molecule has 1 aliphatic heterocycles. The van der Waals surface area contributed by atoms with Gasteiger partial charge in [-0.3, -0.25) is 4.79 Å². The molecule has 0 aromatic heterocycles. The number of nitrogens with zero attached hydrogens (tertiary/aromatic N) is 1. The van der Waals surface area contributed by atoms with Crippen LogP contribution in [0.1, 0.15) is 31.9 Å². The molecule has 0 bridgehead atoms. The average molecular weight is 444 g/mol. The topological polar surface area (TPSA) is 107 Å². The first-order valence-corrected chi connectivity index (χ1v) is 10.1. The summed E-state index contributed by atoms with van der Waals surface area (Å²) in [6.07, 6.45) is -0.847. The van der Waals surface area contributed by atoms with Gasteiger partial charge in [0.15, 0.2) is 11.5 Å². The highest BCUT2D eigenvalue weighted by atomic mass is 16.6. The molecule has 0 atom stereocenters. The quantitative estimate of drug-likeness (QED) is 0.682. The number of alkyl carbamates (subject to hydrolysis) is 1. The molecule has 172 valence electrons. The summed E-state index contributed by atoms with van der Waals surface area (Å²) < 4.78 is 22.5. The first-order chi connectivity index (χ1) is 15.1. The van der Waals surface area contributed by atoms with Crippen LogP contribution in [0.3, 0.4) is 0 Å². The molecule has 2 N–H and O–H groups in total. The van der Waals surface area contributed by atoms with Crippen LogP contribution in [0.5, 0.6) is 23.0 Å². The van der Waals surface area contributed by atoms with Crippen LogP contribution in [0.25, 0.3) is 0 Å². The van der Waals surface area contributed by atoms with Gasteiger partial charge in [-0.2, -0.15) is 0 Å². The van der Waals surface area contributed by atoms with Crippen LogP contribution < -0.4 is 24.4 Å². The zero-order valence-electron chi connectivity index (χ0n) is 19.1. The molecule has 1 heterocycles. The Bertz CT molecular complexity index is 1040. The van der Waals surface area contributed by atoms with E-state index in [1.54, 1.807) is 32.9 Å². The maximum Gasteiger partial charge on any atom is 0.407 e. The summed E-state index contributed by atoms with van der Waals surface area (Å²) in [5.74, 6) is 0.758. The Morgan fingerprint density at radius 1 is 1.00 bits per heavy atom. The largest absolute Gasteiger partial charge is 0.496 e. The molecule has 0 aliphatic carbocycles. The number of methoxy groups -OCH3 is 2. The predicted octanol–water partition coefficient (Wildman–Crippen LogP) is 4.23. The van der Waals surface area contributed by atoms with Crippen LogP contribution in [0, 0.1) is 0 Å². The summed E-state index contributed by atoms with van der Waals surface area (Å²) in [6.45, 7) is 5.43. The Morgan fingerprint density at radius 3 is 2.03 bits per heavy atom. The second-order valence-corrected chi connectivity index (χ2v) is 8.28. The van der Waals surface area contributed by atoms with Crippen molar-refractivity contribution >= 4 is 23.4 Å². The third-order valence-electron chi connectivity index (χ3n) is 4.90. The van der Waals surface area contributed by atoms with Gasteiger partial charge in [0, 0.05) is 7.05 Å². The second-order valence-electron chi connectivity index (χ2n) is 8.28. The van der Waals surface area contributed by atoms with Gasteiger partial charge >= 0.3 is 12.1 Å². The van der Waals surface area contributed by atoms with Crippen molar-refractivity contribution in [3.05, 3.63) is 35.4 Å². The lowest BCUT2D eigenvalue weighted by atomic mass is 10.0. The number of carbonyl (C=O) groups is 2. The number of fused-ring (bicyclic) bond motifs is 2. The molecule has 3 rings (SSSR count). The van der Waals surface area contributed by atoms with Crippen molar-refractivity contribution in [3.8, 4) is 23.0 Å².